The number of nitrogens with one attached hydrogen (secondary N) is 1. The van der Waals surface area contributed by atoms with E-state index < -0.39 is 0 Å². The van der Waals surface area contributed by atoms with Gasteiger partial charge in [-0.15, -0.1) is 0 Å². The summed E-state index contributed by atoms with van der Waals surface area (Å²) in [6.07, 6.45) is 3.55. The molecule has 0 amide bonds. The minimum atomic E-state index is 0.365. The Hall–Kier alpha value is -0.240. The SMILES string of the molecule is CCCCC(NC(C)C)c1ccc(Cl)c(Cl)c1. The molecule has 17 heavy (non-hydrogen) atoms. The molecule has 1 unspecified atom stereocenters. The van der Waals surface area contributed by atoms with Gasteiger partial charge in [0.05, 0.1) is 10.0 Å². The van der Waals surface area contributed by atoms with Crippen LogP contribution in [0.1, 0.15) is 51.6 Å². The minimum absolute atomic E-state index is 0.365. The highest BCUT2D eigenvalue weighted by Gasteiger charge is 2.13. The van der Waals surface area contributed by atoms with Gasteiger partial charge in [-0.05, 0) is 24.1 Å². The minimum Gasteiger partial charge on any atom is -0.308 e. The van der Waals surface area contributed by atoms with E-state index >= 15 is 0 Å². The van der Waals surface area contributed by atoms with E-state index in [2.05, 4.69) is 32.2 Å². The summed E-state index contributed by atoms with van der Waals surface area (Å²) in [5.41, 5.74) is 1.22. The van der Waals surface area contributed by atoms with Gasteiger partial charge in [-0.3, -0.25) is 0 Å². The molecule has 0 aliphatic rings. The van der Waals surface area contributed by atoms with Crippen LogP contribution in [0.3, 0.4) is 0 Å². The van der Waals surface area contributed by atoms with Crippen molar-refractivity contribution in [2.75, 3.05) is 0 Å². The molecule has 1 N–H and O–H groups in total. The Kier molecular flexibility index (Phi) is 6.32. The Balaban J connectivity index is 2.83. The largest absolute Gasteiger partial charge is 0.308 e. The molecule has 0 aliphatic carbocycles. The molecular weight excluding hydrogens is 253 g/mol. The molecule has 0 aliphatic heterocycles. The first-order chi connectivity index (χ1) is 8.04. The first-order valence-electron chi connectivity index (χ1n) is 6.25. The second kappa shape index (κ2) is 7.25. The molecule has 0 spiro atoms. The number of hydrogen-bond acceptors (Lipinski definition) is 1. The molecule has 1 aromatic rings. The summed E-state index contributed by atoms with van der Waals surface area (Å²) in [6, 6.07) is 6.74. The van der Waals surface area contributed by atoms with Crippen molar-refractivity contribution in [1.29, 1.82) is 0 Å². The van der Waals surface area contributed by atoms with Gasteiger partial charge in [0.2, 0.25) is 0 Å². The fourth-order valence-electron chi connectivity index (χ4n) is 1.89. The molecule has 1 aromatic carbocycles. The molecule has 96 valence electrons. The van der Waals surface area contributed by atoms with Gasteiger partial charge in [-0.2, -0.15) is 0 Å². The van der Waals surface area contributed by atoms with E-state index in [1.165, 1.54) is 18.4 Å². The van der Waals surface area contributed by atoms with Crippen molar-refractivity contribution in [3.63, 3.8) is 0 Å². The second-order valence-corrected chi connectivity index (χ2v) is 5.50. The van der Waals surface area contributed by atoms with Crippen LogP contribution in [0, 0.1) is 0 Å². The predicted octanol–water partition coefficient (Wildman–Crippen LogP) is 5.22. The third-order valence-electron chi connectivity index (χ3n) is 2.73. The van der Waals surface area contributed by atoms with Gasteiger partial charge in [-0.25, -0.2) is 0 Å². The molecule has 1 atom stereocenters. The average molecular weight is 274 g/mol. The van der Waals surface area contributed by atoms with Crippen molar-refractivity contribution in [1.82, 2.24) is 5.32 Å². The molecule has 0 aromatic heterocycles. The van der Waals surface area contributed by atoms with E-state index in [0.29, 0.717) is 22.1 Å². The summed E-state index contributed by atoms with van der Waals surface area (Å²) in [6.45, 7) is 6.54. The Morgan fingerprint density at radius 1 is 1.18 bits per heavy atom. The third kappa shape index (κ3) is 4.87. The van der Waals surface area contributed by atoms with Crippen molar-refractivity contribution in [2.45, 2.75) is 52.1 Å². The van der Waals surface area contributed by atoms with Gasteiger partial charge in [-0.1, -0.05) is 62.9 Å². The normalized spacial score (nSPS) is 13.1. The lowest BCUT2D eigenvalue weighted by Gasteiger charge is -2.22. The van der Waals surface area contributed by atoms with E-state index in [1.807, 2.05) is 12.1 Å². The quantitative estimate of drug-likeness (QED) is 0.749. The zero-order valence-corrected chi connectivity index (χ0v) is 12.3. The van der Waals surface area contributed by atoms with Crippen LogP contribution in [-0.4, -0.2) is 6.04 Å². The van der Waals surface area contributed by atoms with Crippen LogP contribution in [0.4, 0.5) is 0 Å². The zero-order valence-electron chi connectivity index (χ0n) is 10.8. The van der Waals surface area contributed by atoms with Crippen molar-refractivity contribution in [3.05, 3.63) is 33.8 Å². The molecule has 3 heteroatoms. The number of rotatable bonds is 6. The smallest absolute Gasteiger partial charge is 0.0595 e. The van der Waals surface area contributed by atoms with E-state index in [9.17, 15) is 0 Å². The average Bonchev–Trinajstić information content (AvgIpc) is 2.27. The first kappa shape index (κ1) is 14.8. The molecule has 0 saturated carbocycles. The topological polar surface area (TPSA) is 12.0 Å². The van der Waals surface area contributed by atoms with Crippen LogP contribution in [0.25, 0.3) is 0 Å². The van der Waals surface area contributed by atoms with Crippen molar-refractivity contribution in [3.8, 4) is 0 Å². The summed E-state index contributed by atoms with van der Waals surface area (Å²) in [5.74, 6) is 0. The maximum atomic E-state index is 6.07. The van der Waals surface area contributed by atoms with Crippen LogP contribution >= 0.6 is 23.2 Å². The van der Waals surface area contributed by atoms with E-state index in [4.69, 9.17) is 23.2 Å². The molecule has 0 saturated heterocycles. The van der Waals surface area contributed by atoms with Crippen LogP contribution in [-0.2, 0) is 0 Å². The lowest BCUT2D eigenvalue weighted by Crippen LogP contribution is -2.28. The van der Waals surface area contributed by atoms with Crippen LogP contribution < -0.4 is 5.32 Å². The summed E-state index contributed by atoms with van der Waals surface area (Å²) in [7, 11) is 0. The fourth-order valence-corrected chi connectivity index (χ4v) is 2.19. The standard InChI is InChI=1S/C14H21Cl2N/c1-4-5-6-14(17-10(2)3)11-7-8-12(15)13(16)9-11/h7-10,14,17H,4-6H2,1-3H3. The van der Waals surface area contributed by atoms with Gasteiger partial charge in [0.25, 0.3) is 0 Å². The second-order valence-electron chi connectivity index (χ2n) is 4.69. The predicted molar refractivity (Wildman–Crippen MR) is 77.0 cm³/mol. The van der Waals surface area contributed by atoms with Crippen LogP contribution in [0.2, 0.25) is 10.0 Å². The number of hydrogen-bond donors (Lipinski definition) is 1. The third-order valence-corrected chi connectivity index (χ3v) is 3.47. The number of unbranched alkanes of at least 4 members (excludes halogenated alkanes) is 1. The van der Waals surface area contributed by atoms with Gasteiger partial charge in [0.15, 0.2) is 0 Å². The van der Waals surface area contributed by atoms with E-state index in [0.717, 1.165) is 6.42 Å². The van der Waals surface area contributed by atoms with Crippen LogP contribution in [0.5, 0.6) is 0 Å². The number of halogens is 2. The molecule has 1 rings (SSSR count). The van der Waals surface area contributed by atoms with Crippen molar-refractivity contribution in [2.24, 2.45) is 0 Å². The summed E-state index contributed by atoms with van der Waals surface area (Å²) in [4.78, 5) is 0. The van der Waals surface area contributed by atoms with Crippen molar-refractivity contribution < 1.29 is 0 Å². The molecule has 1 nitrogen and oxygen atoms in total. The maximum absolute atomic E-state index is 6.07. The Morgan fingerprint density at radius 2 is 1.88 bits per heavy atom. The highest BCUT2D eigenvalue weighted by Crippen LogP contribution is 2.28. The van der Waals surface area contributed by atoms with E-state index in [1.54, 1.807) is 0 Å². The van der Waals surface area contributed by atoms with Crippen LogP contribution in [0.15, 0.2) is 18.2 Å². The monoisotopic (exact) mass is 273 g/mol. The molecular formula is C14H21Cl2N. The Bertz CT molecular complexity index is 350. The molecule has 0 heterocycles. The van der Waals surface area contributed by atoms with Gasteiger partial charge in [0.1, 0.15) is 0 Å². The van der Waals surface area contributed by atoms with E-state index in [-0.39, 0.29) is 0 Å². The molecule has 0 radical (unpaired) electrons. The maximum Gasteiger partial charge on any atom is 0.0595 e. The Labute approximate surface area is 115 Å². The Morgan fingerprint density at radius 3 is 2.41 bits per heavy atom. The number of benzene rings is 1. The highest BCUT2D eigenvalue weighted by atomic mass is 35.5. The molecule has 0 fully saturated rings. The fraction of sp³-hybridized carbons (Fsp3) is 0.571. The first-order valence-corrected chi connectivity index (χ1v) is 7.01. The molecule has 0 bridgehead atoms. The summed E-state index contributed by atoms with van der Waals surface area (Å²) < 4.78 is 0. The van der Waals surface area contributed by atoms with Gasteiger partial charge in [0, 0.05) is 12.1 Å². The summed E-state index contributed by atoms with van der Waals surface area (Å²) in [5, 5.41) is 4.83. The lowest BCUT2D eigenvalue weighted by molar-refractivity contribution is 0.440. The van der Waals surface area contributed by atoms with Gasteiger partial charge < -0.3 is 5.32 Å². The highest BCUT2D eigenvalue weighted by molar-refractivity contribution is 6.42. The zero-order chi connectivity index (χ0) is 12.8. The lowest BCUT2D eigenvalue weighted by atomic mass is 10.0. The van der Waals surface area contributed by atoms with Gasteiger partial charge >= 0.3 is 0 Å². The summed E-state index contributed by atoms with van der Waals surface area (Å²) >= 11 is 12.0. The van der Waals surface area contributed by atoms with Crippen molar-refractivity contribution >= 4 is 23.2 Å².